The van der Waals surface area contributed by atoms with Crippen molar-refractivity contribution < 1.29 is 9.90 Å². The lowest BCUT2D eigenvalue weighted by Gasteiger charge is -2.25. The molecule has 15 heavy (non-hydrogen) atoms. The molecule has 4 heteroatoms. The molecule has 88 valence electrons. The summed E-state index contributed by atoms with van der Waals surface area (Å²) in [6, 6.07) is 0.130. The van der Waals surface area contributed by atoms with Gasteiger partial charge in [0.25, 0.3) is 0 Å². The minimum Gasteiger partial charge on any atom is -0.481 e. The van der Waals surface area contributed by atoms with Crippen molar-refractivity contribution in [3.63, 3.8) is 0 Å². The average Bonchev–Trinajstić information content (AvgIpc) is 2.65. The molecule has 0 bridgehead atoms. The van der Waals surface area contributed by atoms with Crippen LogP contribution < -0.4 is 0 Å². The molecule has 0 aromatic rings. The molecule has 1 aliphatic rings. The molecule has 1 atom stereocenters. The van der Waals surface area contributed by atoms with Gasteiger partial charge in [-0.2, -0.15) is 0 Å². The van der Waals surface area contributed by atoms with E-state index in [1.54, 1.807) is 0 Å². The van der Waals surface area contributed by atoms with Crippen molar-refractivity contribution in [1.82, 2.24) is 9.80 Å². The van der Waals surface area contributed by atoms with Crippen LogP contribution in [0.25, 0.3) is 0 Å². The Kier molecular flexibility index (Phi) is 5.05. The van der Waals surface area contributed by atoms with Crippen molar-refractivity contribution in [3.05, 3.63) is 0 Å². The van der Waals surface area contributed by atoms with Crippen LogP contribution in [0.15, 0.2) is 0 Å². The van der Waals surface area contributed by atoms with Gasteiger partial charge in [-0.3, -0.25) is 4.79 Å². The number of carboxylic acids is 1. The topological polar surface area (TPSA) is 43.8 Å². The summed E-state index contributed by atoms with van der Waals surface area (Å²) in [5, 5.41) is 8.68. The smallest absolute Gasteiger partial charge is 0.304 e. The van der Waals surface area contributed by atoms with E-state index in [0.717, 1.165) is 13.1 Å². The molecule has 0 aromatic heterocycles. The predicted octanol–water partition coefficient (Wildman–Crippen LogP) is 0.877. The number of aliphatic carboxylic acids is 1. The maximum atomic E-state index is 10.5. The second kappa shape index (κ2) is 6.08. The zero-order chi connectivity index (χ0) is 11.3. The van der Waals surface area contributed by atoms with Crippen molar-refractivity contribution in [2.75, 3.05) is 33.2 Å². The van der Waals surface area contributed by atoms with Gasteiger partial charge in [-0.05, 0) is 39.9 Å². The second-order valence-corrected chi connectivity index (χ2v) is 4.48. The van der Waals surface area contributed by atoms with Crippen molar-refractivity contribution in [2.24, 2.45) is 0 Å². The van der Waals surface area contributed by atoms with Crippen LogP contribution in [-0.2, 0) is 4.79 Å². The highest BCUT2D eigenvalue weighted by molar-refractivity contribution is 5.67. The molecule has 1 rings (SSSR count). The van der Waals surface area contributed by atoms with Gasteiger partial charge in [-0.1, -0.05) is 0 Å². The average molecular weight is 214 g/mol. The Morgan fingerprint density at radius 2 is 2.07 bits per heavy atom. The highest BCUT2D eigenvalue weighted by Gasteiger charge is 2.15. The van der Waals surface area contributed by atoms with E-state index < -0.39 is 5.97 Å². The normalized spacial score (nSPS) is 19.7. The van der Waals surface area contributed by atoms with Crippen molar-refractivity contribution in [2.45, 2.75) is 32.2 Å². The van der Waals surface area contributed by atoms with E-state index in [2.05, 4.69) is 9.80 Å². The van der Waals surface area contributed by atoms with Gasteiger partial charge in [-0.15, -0.1) is 0 Å². The number of nitrogens with zero attached hydrogens (tertiary/aromatic N) is 2. The Hall–Kier alpha value is -0.610. The number of carboxylic acid groups (broad SMARTS) is 1. The van der Waals surface area contributed by atoms with E-state index >= 15 is 0 Å². The molecule has 0 aliphatic carbocycles. The maximum Gasteiger partial charge on any atom is 0.304 e. The Morgan fingerprint density at radius 1 is 1.47 bits per heavy atom. The first-order valence-electron chi connectivity index (χ1n) is 5.74. The van der Waals surface area contributed by atoms with Gasteiger partial charge in [0, 0.05) is 19.1 Å². The molecule has 0 saturated carbocycles. The summed E-state index contributed by atoms with van der Waals surface area (Å²) in [6.45, 7) is 6.43. The molecule has 1 unspecified atom stereocenters. The van der Waals surface area contributed by atoms with Crippen molar-refractivity contribution >= 4 is 5.97 Å². The fraction of sp³-hybridized carbons (Fsp3) is 0.909. The van der Waals surface area contributed by atoms with E-state index in [0.29, 0.717) is 0 Å². The molecule has 1 aliphatic heterocycles. The molecule has 0 amide bonds. The third-order valence-corrected chi connectivity index (χ3v) is 3.19. The zero-order valence-corrected chi connectivity index (χ0v) is 9.78. The van der Waals surface area contributed by atoms with E-state index in [1.807, 2.05) is 14.0 Å². The lowest BCUT2D eigenvalue weighted by molar-refractivity contribution is -0.138. The number of hydrogen-bond donors (Lipinski definition) is 1. The minimum absolute atomic E-state index is 0.130. The number of rotatable bonds is 6. The Balaban J connectivity index is 2.16. The lowest BCUT2D eigenvalue weighted by Crippen LogP contribution is -2.37. The van der Waals surface area contributed by atoms with E-state index in [4.69, 9.17) is 5.11 Å². The van der Waals surface area contributed by atoms with Crippen LogP contribution in [0, 0.1) is 0 Å². The SMILES string of the molecule is CC(CC(=O)O)N(C)CCN1CCCC1. The van der Waals surface area contributed by atoms with Crippen LogP contribution in [0.2, 0.25) is 0 Å². The summed E-state index contributed by atoms with van der Waals surface area (Å²) >= 11 is 0. The van der Waals surface area contributed by atoms with Gasteiger partial charge in [0.15, 0.2) is 0 Å². The molecule has 1 fully saturated rings. The lowest BCUT2D eigenvalue weighted by atomic mass is 10.2. The van der Waals surface area contributed by atoms with Crippen LogP contribution in [0.1, 0.15) is 26.2 Å². The standard InChI is InChI=1S/C11H22N2O2/c1-10(9-11(14)15)12(2)7-8-13-5-3-4-6-13/h10H,3-9H2,1-2H3,(H,14,15). The summed E-state index contributed by atoms with van der Waals surface area (Å²) in [7, 11) is 2.00. The fourth-order valence-corrected chi connectivity index (χ4v) is 1.93. The highest BCUT2D eigenvalue weighted by Crippen LogP contribution is 2.07. The molecule has 4 nitrogen and oxygen atoms in total. The van der Waals surface area contributed by atoms with Gasteiger partial charge in [0.2, 0.25) is 0 Å². The quantitative estimate of drug-likeness (QED) is 0.713. The number of likely N-dealkylation sites (tertiary alicyclic amines) is 1. The third-order valence-electron chi connectivity index (χ3n) is 3.19. The van der Waals surface area contributed by atoms with Gasteiger partial charge in [-0.25, -0.2) is 0 Å². The second-order valence-electron chi connectivity index (χ2n) is 4.48. The molecular weight excluding hydrogens is 192 g/mol. The first-order chi connectivity index (χ1) is 7.09. The van der Waals surface area contributed by atoms with Crippen molar-refractivity contribution in [1.29, 1.82) is 0 Å². The molecule has 1 N–H and O–H groups in total. The molecule has 1 heterocycles. The van der Waals surface area contributed by atoms with Gasteiger partial charge < -0.3 is 14.9 Å². The van der Waals surface area contributed by atoms with E-state index in [1.165, 1.54) is 25.9 Å². The fourth-order valence-electron chi connectivity index (χ4n) is 1.93. The van der Waals surface area contributed by atoms with E-state index in [9.17, 15) is 4.79 Å². The summed E-state index contributed by atoms with van der Waals surface area (Å²) in [5.74, 6) is -0.712. The van der Waals surface area contributed by atoms with Crippen molar-refractivity contribution in [3.8, 4) is 0 Å². The summed E-state index contributed by atoms with van der Waals surface area (Å²) in [4.78, 5) is 15.1. The first kappa shape index (κ1) is 12.5. The number of likely N-dealkylation sites (N-methyl/N-ethyl adjacent to an activating group) is 1. The van der Waals surface area contributed by atoms with Crippen LogP contribution in [0.3, 0.4) is 0 Å². The molecule has 0 spiro atoms. The monoisotopic (exact) mass is 214 g/mol. The first-order valence-corrected chi connectivity index (χ1v) is 5.74. The molecule has 1 saturated heterocycles. The Bertz CT molecular complexity index is 203. The Morgan fingerprint density at radius 3 is 2.60 bits per heavy atom. The van der Waals surface area contributed by atoms with Gasteiger partial charge >= 0.3 is 5.97 Å². The number of hydrogen-bond acceptors (Lipinski definition) is 3. The van der Waals surface area contributed by atoms with Gasteiger partial charge in [0.1, 0.15) is 0 Å². The summed E-state index contributed by atoms with van der Waals surface area (Å²) < 4.78 is 0. The van der Waals surface area contributed by atoms with Crippen LogP contribution in [-0.4, -0.2) is 60.1 Å². The maximum absolute atomic E-state index is 10.5. The molecular formula is C11H22N2O2. The largest absolute Gasteiger partial charge is 0.481 e. The predicted molar refractivity (Wildman–Crippen MR) is 60.0 cm³/mol. The molecule has 0 aromatic carbocycles. The highest BCUT2D eigenvalue weighted by atomic mass is 16.4. The van der Waals surface area contributed by atoms with Gasteiger partial charge in [0.05, 0.1) is 6.42 Å². The van der Waals surface area contributed by atoms with Crippen LogP contribution >= 0.6 is 0 Å². The Labute approximate surface area is 91.9 Å². The number of carbonyl (C=O) groups is 1. The van der Waals surface area contributed by atoms with Crippen LogP contribution in [0.4, 0.5) is 0 Å². The summed E-state index contributed by atoms with van der Waals surface area (Å²) in [6.07, 6.45) is 2.86. The van der Waals surface area contributed by atoms with E-state index in [-0.39, 0.29) is 12.5 Å². The molecule has 0 radical (unpaired) electrons. The van der Waals surface area contributed by atoms with Crippen LogP contribution in [0.5, 0.6) is 0 Å². The third kappa shape index (κ3) is 4.62. The minimum atomic E-state index is -0.712. The zero-order valence-electron chi connectivity index (χ0n) is 9.78. The summed E-state index contributed by atoms with van der Waals surface area (Å²) in [5.41, 5.74) is 0.